The second-order valence-electron chi connectivity index (χ2n) is 8.82. The largest absolute Gasteiger partial charge is 0.481 e. The molecule has 0 saturated carbocycles. The summed E-state index contributed by atoms with van der Waals surface area (Å²) in [5.41, 5.74) is 2.24. The van der Waals surface area contributed by atoms with Crippen LogP contribution in [0.4, 0.5) is 5.69 Å². The number of hydrogen-bond donors (Lipinski definition) is 5. The van der Waals surface area contributed by atoms with Crippen LogP contribution in [0.25, 0.3) is 0 Å². The third-order valence-electron chi connectivity index (χ3n) is 6.10. The zero-order chi connectivity index (χ0) is 25.2. The molecule has 35 heavy (non-hydrogen) atoms. The molecule has 8 nitrogen and oxygen atoms in total. The number of nitrogens with one attached hydrogen (secondary N) is 2. The van der Waals surface area contributed by atoms with E-state index in [-0.39, 0.29) is 19.3 Å². The Morgan fingerprint density at radius 1 is 1.09 bits per heavy atom. The zero-order valence-corrected chi connectivity index (χ0v) is 20.3. The van der Waals surface area contributed by atoms with Crippen molar-refractivity contribution in [1.29, 1.82) is 0 Å². The molecule has 9 heteroatoms. The SMILES string of the molecule is O=C(O)CCC(NC(O)CCC1=CCC(c2cccs2)CC1)C(=O)Nc1cccc(CC(=O)O)c1. The number of aliphatic carboxylic acids is 2. The van der Waals surface area contributed by atoms with Crippen LogP contribution in [-0.4, -0.2) is 45.4 Å². The molecule has 3 atom stereocenters. The molecule has 0 fully saturated rings. The Kier molecular flexibility index (Phi) is 10.0. The molecular formula is C26H32N2O6S. The maximum absolute atomic E-state index is 12.8. The van der Waals surface area contributed by atoms with E-state index in [9.17, 15) is 19.5 Å². The molecule has 1 aliphatic carbocycles. The lowest BCUT2D eigenvalue weighted by atomic mass is 9.87. The van der Waals surface area contributed by atoms with Gasteiger partial charge in [0.05, 0.1) is 12.5 Å². The van der Waals surface area contributed by atoms with Crippen LogP contribution in [0.15, 0.2) is 53.4 Å². The molecule has 2 aromatic rings. The van der Waals surface area contributed by atoms with Gasteiger partial charge in [-0.1, -0.05) is 29.8 Å². The highest BCUT2D eigenvalue weighted by molar-refractivity contribution is 7.10. The number of carbonyl (C=O) groups is 3. The van der Waals surface area contributed by atoms with Crippen molar-refractivity contribution < 1.29 is 29.7 Å². The maximum atomic E-state index is 12.8. The molecule has 5 N–H and O–H groups in total. The average molecular weight is 501 g/mol. The number of amides is 1. The number of carboxylic acids is 2. The van der Waals surface area contributed by atoms with Crippen LogP contribution in [0.2, 0.25) is 0 Å². The van der Waals surface area contributed by atoms with E-state index in [1.165, 1.54) is 10.5 Å². The van der Waals surface area contributed by atoms with Crippen LogP contribution < -0.4 is 10.6 Å². The molecular weight excluding hydrogens is 468 g/mol. The predicted octanol–water partition coefficient (Wildman–Crippen LogP) is 4.13. The van der Waals surface area contributed by atoms with Crippen molar-refractivity contribution in [2.45, 2.75) is 69.6 Å². The summed E-state index contributed by atoms with van der Waals surface area (Å²) in [6, 6.07) is 9.83. The van der Waals surface area contributed by atoms with Crippen molar-refractivity contribution in [3.63, 3.8) is 0 Å². The lowest BCUT2D eigenvalue weighted by Gasteiger charge is -2.24. The molecule has 3 unspecified atom stereocenters. The van der Waals surface area contributed by atoms with Gasteiger partial charge in [-0.05, 0) is 73.6 Å². The highest BCUT2D eigenvalue weighted by Crippen LogP contribution is 2.35. The van der Waals surface area contributed by atoms with Gasteiger partial charge in [-0.2, -0.15) is 0 Å². The van der Waals surface area contributed by atoms with Gasteiger partial charge < -0.3 is 20.6 Å². The van der Waals surface area contributed by atoms with Gasteiger partial charge in [0.25, 0.3) is 0 Å². The molecule has 0 radical (unpaired) electrons. The molecule has 1 aromatic heterocycles. The van der Waals surface area contributed by atoms with Crippen molar-refractivity contribution in [2.24, 2.45) is 0 Å². The van der Waals surface area contributed by atoms with E-state index in [4.69, 9.17) is 10.2 Å². The van der Waals surface area contributed by atoms with Gasteiger partial charge in [0.2, 0.25) is 5.91 Å². The summed E-state index contributed by atoms with van der Waals surface area (Å²) in [5, 5.41) is 36.2. The van der Waals surface area contributed by atoms with E-state index in [1.54, 1.807) is 35.6 Å². The maximum Gasteiger partial charge on any atom is 0.307 e. The Bertz CT molecular complexity index is 1040. The molecule has 1 aliphatic rings. The van der Waals surface area contributed by atoms with E-state index in [0.717, 1.165) is 19.3 Å². The molecule has 1 aromatic carbocycles. The summed E-state index contributed by atoms with van der Waals surface area (Å²) >= 11 is 1.78. The van der Waals surface area contributed by atoms with E-state index >= 15 is 0 Å². The molecule has 3 rings (SSSR count). The first-order chi connectivity index (χ1) is 16.8. The fourth-order valence-corrected chi connectivity index (χ4v) is 5.13. The molecule has 0 saturated heterocycles. The summed E-state index contributed by atoms with van der Waals surface area (Å²) in [4.78, 5) is 36.3. The number of carboxylic acid groups (broad SMARTS) is 2. The van der Waals surface area contributed by atoms with Crippen LogP contribution in [-0.2, 0) is 20.8 Å². The van der Waals surface area contributed by atoms with Crippen molar-refractivity contribution in [3.8, 4) is 0 Å². The number of carbonyl (C=O) groups excluding carboxylic acids is 1. The zero-order valence-electron chi connectivity index (χ0n) is 19.5. The smallest absolute Gasteiger partial charge is 0.307 e. The van der Waals surface area contributed by atoms with E-state index in [0.29, 0.717) is 30.0 Å². The Morgan fingerprint density at radius 2 is 1.91 bits per heavy atom. The minimum absolute atomic E-state index is 0.0121. The fraction of sp³-hybridized carbons (Fsp3) is 0.423. The highest BCUT2D eigenvalue weighted by atomic mass is 32.1. The van der Waals surface area contributed by atoms with Crippen molar-refractivity contribution >= 4 is 34.9 Å². The second kappa shape index (κ2) is 13.2. The van der Waals surface area contributed by atoms with Crippen LogP contribution >= 0.6 is 11.3 Å². The predicted molar refractivity (Wildman–Crippen MR) is 134 cm³/mol. The average Bonchev–Trinajstić information content (AvgIpc) is 3.35. The number of anilines is 1. The summed E-state index contributed by atoms with van der Waals surface area (Å²) in [6.45, 7) is 0. The monoisotopic (exact) mass is 500 g/mol. The van der Waals surface area contributed by atoms with Crippen molar-refractivity contribution in [2.75, 3.05) is 5.32 Å². The first kappa shape index (κ1) is 26.6. The third-order valence-corrected chi connectivity index (χ3v) is 7.13. The van der Waals surface area contributed by atoms with Crippen LogP contribution in [0.1, 0.15) is 61.3 Å². The number of allylic oxidation sites excluding steroid dienone is 2. The van der Waals surface area contributed by atoms with Gasteiger partial charge in [-0.25, -0.2) is 0 Å². The Balaban J connectivity index is 1.53. The fourth-order valence-electron chi connectivity index (χ4n) is 4.26. The van der Waals surface area contributed by atoms with Crippen molar-refractivity contribution in [3.05, 3.63) is 63.9 Å². The van der Waals surface area contributed by atoms with Gasteiger partial charge in [-0.15, -0.1) is 11.3 Å². The van der Waals surface area contributed by atoms with Crippen LogP contribution in [0.3, 0.4) is 0 Å². The minimum Gasteiger partial charge on any atom is -0.481 e. The molecule has 0 bridgehead atoms. The van der Waals surface area contributed by atoms with E-state index < -0.39 is 30.1 Å². The van der Waals surface area contributed by atoms with Gasteiger partial charge in [0, 0.05) is 17.0 Å². The van der Waals surface area contributed by atoms with Gasteiger partial charge in [-0.3, -0.25) is 19.7 Å². The van der Waals surface area contributed by atoms with Gasteiger partial charge in [0.15, 0.2) is 0 Å². The normalized spacial score (nSPS) is 17.3. The van der Waals surface area contributed by atoms with Crippen LogP contribution in [0, 0.1) is 0 Å². The summed E-state index contributed by atoms with van der Waals surface area (Å²) < 4.78 is 0. The Morgan fingerprint density at radius 3 is 2.57 bits per heavy atom. The highest BCUT2D eigenvalue weighted by Gasteiger charge is 2.23. The Labute approximate surface area is 208 Å². The quantitative estimate of drug-likeness (QED) is 0.206. The number of benzene rings is 1. The third kappa shape index (κ3) is 8.93. The topological polar surface area (TPSA) is 136 Å². The Hall–Kier alpha value is -3.01. The molecule has 1 heterocycles. The summed E-state index contributed by atoms with van der Waals surface area (Å²) in [5.74, 6) is -1.93. The summed E-state index contributed by atoms with van der Waals surface area (Å²) in [7, 11) is 0. The minimum atomic E-state index is -1.03. The van der Waals surface area contributed by atoms with E-state index in [2.05, 4.69) is 34.2 Å². The van der Waals surface area contributed by atoms with E-state index in [1.807, 2.05) is 0 Å². The van der Waals surface area contributed by atoms with Gasteiger partial charge in [0.1, 0.15) is 6.23 Å². The number of hydrogen-bond acceptors (Lipinski definition) is 6. The first-order valence-corrected chi connectivity index (χ1v) is 12.7. The number of aliphatic hydroxyl groups is 1. The lowest BCUT2D eigenvalue weighted by molar-refractivity contribution is -0.138. The molecule has 1 amide bonds. The lowest BCUT2D eigenvalue weighted by Crippen LogP contribution is -2.46. The van der Waals surface area contributed by atoms with Gasteiger partial charge >= 0.3 is 11.9 Å². The number of rotatable bonds is 13. The summed E-state index contributed by atoms with van der Waals surface area (Å²) in [6.07, 6.45) is 5.07. The molecule has 0 spiro atoms. The van der Waals surface area contributed by atoms with Crippen LogP contribution in [0.5, 0.6) is 0 Å². The number of aliphatic hydroxyl groups excluding tert-OH is 1. The second-order valence-corrected chi connectivity index (χ2v) is 9.79. The van der Waals surface area contributed by atoms with Crippen molar-refractivity contribution in [1.82, 2.24) is 5.32 Å². The number of thiophene rings is 1. The first-order valence-electron chi connectivity index (χ1n) is 11.8. The standard InChI is InChI=1S/C26H32N2O6S/c29-23(12-8-17-6-9-19(10-7-17)22-5-2-14-35-22)28-21(11-13-24(30)31)26(34)27-20-4-1-3-18(15-20)16-25(32)33/h1-6,14-15,19,21,23,28-29H,7-13,16H2,(H,27,34)(H,30,31)(H,32,33). The molecule has 0 aliphatic heterocycles. The molecule has 188 valence electrons.